The van der Waals surface area contributed by atoms with E-state index in [0.29, 0.717) is 5.76 Å². The lowest BCUT2D eigenvalue weighted by atomic mass is 9.97. The van der Waals surface area contributed by atoms with Crippen LogP contribution >= 0.6 is 0 Å². The molecule has 1 aliphatic heterocycles. The highest BCUT2D eigenvalue weighted by Gasteiger charge is 2.18. The van der Waals surface area contributed by atoms with Crippen LogP contribution in [0.15, 0.2) is 33.4 Å². The van der Waals surface area contributed by atoms with Gasteiger partial charge in [0.2, 0.25) is 5.76 Å². The van der Waals surface area contributed by atoms with Gasteiger partial charge in [0, 0.05) is 19.2 Å². The van der Waals surface area contributed by atoms with Crippen molar-refractivity contribution >= 4 is 0 Å². The van der Waals surface area contributed by atoms with Crippen molar-refractivity contribution in [2.45, 2.75) is 26.3 Å². The van der Waals surface area contributed by atoms with E-state index in [1.165, 1.54) is 12.8 Å². The van der Waals surface area contributed by atoms with Gasteiger partial charge < -0.3 is 14.3 Å². The summed E-state index contributed by atoms with van der Waals surface area (Å²) in [6.07, 6.45) is 4.19. The predicted octanol–water partition coefficient (Wildman–Crippen LogP) is 2.76. The summed E-state index contributed by atoms with van der Waals surface area (Å²) in [5, 5.41) is 7.58. The molecule has 0 aliphatic carbocycles. The zero-order valence-electron chi connectivity index (χ0n) is 12.5. The monoisotopic (exact) mass is 289 g/mol. The fourth-order valence-electron chi connectivity index (χ4n) is 2.89. The predicted molar refractivity (Wildman–Crippen MR) is 80.7 cm³/mol. The highest BCUT2D eigenvalue weighted by molar-refractivity contribution is 5.49. The van der Waals surface area contributed by atoms with Gasteiger partial charge in [0.05, 0.1) is 12.0 Å². The maximum absolute atomic E-state index is 5.36. The van der Waals surface area contributed by atoms with Crippen LogP contribution in [-0.2, 0) is 6.54 Å². The second-order valence-electron chi connectivity index (χ2n) is 5.68. The van der Waals surface area contributed by atoms with Gasteiger partial charge in [0.1, 0.15) is 0 Å². The Labute approximate surface area is 125 Å². The number of piperidine rings is 1. The van der Waals surface area contributed by atoms with Gasteiger partial charge in [-0.15, -0.1) is 0 Å². The number of rotatable bonds is 6. The summed E-state index contributed by atoms with van der Waals surface area (Å²) in [5.74, 6) is 2.23. The van der Waals surface area contributed by atoms with Crippen molar-refractivity contribution in [2.24, 2.45) is 5.92 Å². The molecule has 0 spiro atoms. The molecule has 1 aliphatic rings. The van der Waals surface area contributed by atoms with E-state index in [-0.39, 0.29) is 0 Å². The lowest BCUT2D eigenvalue weighted by Crippen LogP contribution is -2.35. The van der Waals surface area contributed by atoms with E-state index >= 15 is 0 Å². The molecule has 114 valence electrons. The highest BCUT2D eigenvalue weighted by atomic mass is 16.5. The highest BCUT2D eigenvalue weighted by Crippen LogP contribution is 2.22. The van der Waals surface area contributed by atoms with Gasteiger partial charge in [-0.1, -0.05) is 12.1 Å². The van der Waals surface area contributed by atoms with E-state index < -0.39 is 0 Å². The molecular formula is C16H23N3O2. The van der Waals surface area contributed by atoms with E-state index in [1.54, 1.807) is 6.26 Å². The normalized spacial score (nSPS) is 16.7. The third-order valence-electron chi connectivity index (χ3n) is 4.13. The Kier molecular flexibility index (Phi) is 4.72. The molecule has 5 heteroatoms. The molecular weight excluding hydrogens is 266 g/mol. The summed E-state index contributed by atoms with van der Waals surface area (Å²) >= 11 is 0. The van der Waals surface area contributed by atoms with Gasteiger partial charge in [-0.05, 0) is 50.5 Å². The minimum atomic E-state index is 0.702. The van der Waals surface area contributed by atoms with Crippen LogP contribution in [0.25, 0.3) is 11.5 Å². The van der Waals surface area contributed by atoms with Crippen LogP contribution in [0.4, 0.5) is 0 Å². The number of nitrogens with one attached hydrogen (secondary N) is 1. The average molecular weight is 289 g/mol. The van der Waals surface area contributed by atoms with Crippen LogP contribution in [0, 0.1) is 5.92 Å². The van der Waals surface area contributed by atoms with Gasteiger partial charge >= 0.3 is 0 Å². The average Bonchev–Trinajstić information content (AvgIpc) is 3.18. The van der Waals surface area contributed by atoms with Gasteiger partial charge in [-0.3, -0.25) is 4.90 Å². The van der Waals surface area contributed by atoms with E-state index in [0.717, 1.165) is 50.1 Å². The van der Waals surface area contributed by atoms with E-state index in [4.69, 9.17) is 8.94 Å². The zero-order valence-corrected chi connectivity index (χ0v) is 12.5. The Morgan fingerprint density at radius 3 is 2.90 bits per heavy atom. The van der Waals surface area contributed by atoms with Gasteiger partial charge in [-0.25, -0.2) is 0 Å². The molecule has 0 atom stereocenters. The molecule has 21 heavy (non-hydrogen) atoms. The smallest absolute Gasteiger partial charge is 0.202 e. The SMILES string of the molecule is CCN(Cc1cc(-c2ccco2)on1)CC1CCNCC1. The van der Waals surface area contributed by atoms with Crippen molar-refractivity contribution in [3.05, 3.63) is 30.2 Å². The van der Waals surface area contributed by atoms with Crippen LogP contribution < -0.4 is 5.32 Å². The van der Waals surface area contributed by atoms with Gasteiger partial charge in [0.25, 0.3) is 0 Å². The summed E-state index contributed by atoms with van der Waals surface area (Å²) < 4.78 is 10.7. The quantitative estimate of drug-likeness (QED) is 0.886. The first kappa shape index (κ1) is 14.4. The summed E-state index contributed by atoms with van der Waals surface area (Å²) in [5.41, 5.74) is 0.970. The molecule has 0 unspecified atom stereocenters. The molecule has 0 amide bonds. The lowest BCUT2D eigenvalue weighted by Gasteiger charge is -2.28. The Hall–Kier alpha value is -1.59. The molecule has 0 saturated carbocycles. The summed E-state index contributed by atoms with van der Waals surface area (Å²) in [6.45, 7) is 7.51. The first-order valence-electron chi connectivity index (χ1n) is 7.77. The molecule has 5 nitrogen and oxygen atoms in total. The third kappa shape index (κ3) is 3.74. The minimum Gasteiger partial charge on any atom is -0.461 e. The fraction of sp³-hybridized carbons (Fsp3) is 0.562. The summed E-state index contributed by atoms with van der Waals surface area (Å²) in [4.78, 5) is 2.44. The van der Waals surface area contributed by atoms with Crippen molar-refractivity contribution in [2.75, 3.05) is 26.2 Å². The standard InChI is InChI=1S/C16H23N3O2/c1-2-19(11-13-5-7-17-8-6-13)12-14-10-16(21-18-14)15-4-3-9-20-15/h3-4,9-10,13,17H,2,5-8,11-12H2,1H3. The first-order valence-corrected chi connectivity index (χ1v) is 7.77. The van der Waals surface area contributed by atoms with Crippen molar-refractivity contribution in [1.82, 2.24) is 15.4 Å². The van der Waals surface area contributed by atoms with Crippen molar-refractivity contribution in [3.8, 4) is 11.5 Å². The number of hydrogen-bond donors (Lipinski definition) is 1. The molecule has 3 heterocycles. The Balaban J connectivity index is 1.58. The topological polar surface area (TPSA) is 54.4 Å². The summed E-state index contributed by atoms with van der Waals surface area (Å²) in [6, 6.07) is 5.72. The van der Waals surface area contributed by atoms with Crippen LogP contribution in [0.3, 0.4) is 0 Å². The molecule has 1 N–H and O–H groups in total. The largest absolute Gasteiger partial charge is 0.461 e. The van der Waals surface area contributed by atoms with Crippen molar-refractivity contribution < 1.29 is 8.94 Å². The number of aromatic nitrogens is 1. The Morgan fingerprint density at radius 2 is 2.19 bits per heavy atom. The first-order chi connectivity index (χ1) is 10.3. The van der Waals surface area contributed by atoms with Gasteiger partial charge in [0.15, 0.2) is 5.76 Å². The molecule has 1 saturated heterocycles. The van der Waals surface area contributed by atoms with E-state index in [1.807, 2.05) is 18.2 Å². The van der Waals surface area contributed by atoms with Crippen LogP contribution in [0.1, 0.15) is 25.5 Å². The van der Waals surface area contributed by atoms with E-state index in [9.17, 15) is 0 Å². The second kappa shape index (κ2) is 6.91. The Morgan fingerprint density at radius 1 is 1.33 bits per heavy atom. The molecule has 0 aromatic carbocycles. The van der Waals surface area contributed by atoms with Crippen LogP contribution in [0.2, 0.25) is 0 Å². The third-order valence-corrected chi connectivity index (χ3v) is 4.13. The minimum absolute atomic E-state index is 0.702. The van der Waals surface area contributed by atoms with Crippen molar-refractivity contribution in [3.63, 3.8) is 0 Å². The number of furan rings is 1. The molecule has 0 bridgehead atoms. The molecule has 2 aromatic heterocycles. The Bertz CT molecular complexity index is 529. The van der Waals surface area contributed by atoms with Gasteiger partial charge in [-0.2, -0.15) is 0 Å². The maximum Gasteiger partial charge on any atom is 0.202 e. The second-order valence-corrected chi connectivity index (χ2v) is 5.68. The number of nitrogens with zero attached hydrogens (tertiary/aromatic N) is 2. The van der Waals surface area contributed by atoms with Crippen LogP contribution in [-0.4, -0.2) is 36.2 Å². The summed E-state index contributed by atoms with van der Waals surface area (Å²) in [7, 11) is 0. The zero-order chi connectivity index (χ0) is 14.5. The van der Waals surface area contributed by atoms with E-state index in [2.05, 4.69) is 22.3 Å². The molecule has 1 fully saturated rings. The molecule has 0 radical (unpaired) electrons. The lowest BCUT2D eigenvalue weighted by molar-refractivity contribution is 0.202. The molecule has 2 aromatic rings. The van der Waals surface area contributed by atoms with Crippen molar-refractivity contribution in [1.29, 1.82) is 0 Å². The number of hydrogen-bond acceptors (Lipinski definition) is 5. The molecule has 3 rings (SSSR count). The fourth-order valence-corrected chi connectivity index (χ4v) is 2.89. The van der Waals surface area contributed by atoms with Crippen LogP contribution in [0.5, 0.6) is 0 Å². The maximum atomic E-state index is 5.36.